The van der Waals surface area contributed by atoms with E-state index in [1.807, 2.05) is 0 Å². The summed E-state index contributed by atoms with van der Waals surface area (Å²) in [6.07, 6.45) is 6.88. The lowest BCUT2D eigenvalue weighted by Gasteiger charge is -2.36. The van der Waals surface area contributed by atoms with Crippen LogP contribution in [0.3, 0.4) is 0 Å². The maximum atomic E-state index is 4.96. The fourth-order valence-electron chi connectivity index (χ4n) is 4.10. The minimum Gasteiger partial charge on any atom is -0.352 e. The van der Waals surface area contributed by atoms with Crippen LogP contribution in [0.1, 0.15) is 25.7 Å². The van der Waals surface area contributed by atoms with Crippen molar-refractivity contribution >= 4 is 33.3 Å². The third-order valence-corrected chi connectivity index (χ3v) is 6.33. The number of hydrogen-bond acceptors (Lipinski definition) is 7. The number of aliphatic imine (C=N–C) groups is 1. The van der Waals surface area contributed by atoms with Crippen molar-refractivity contribution in [2.24, 2.45) is 4.99 Å². The van der Waals surface area contributed by atoms with Crippen LogP contribution >= 0.6 is 11.3 Å². The summed E-state index contributed by atoms with van der Waals surface area (Å²) in [6, 6.07) is 3.17. The molecule has 0 unspecified atom stereocenters. The summed E-state index contributed by atoms with van der Waals surface area (Å²) < 4.78 is 1.20. The molecule has 2 aromatic heterocycles. The molecule has 4 heterocycles. The number of hydrogen-bond donors (Lipinski definition) is 1. The van der Waals surface area contributed by atoms with E-state index in [0.717, 1.165) is 43.5 Å². The molecule has 2 atom stereocenters. The van der Waals surface area contributed by atoms with Crippen molar-refractivity contribution in [3.8, 4) is 0 Å². The van der Waals surface area contributed by atoms with Crippen LogP contribution in [0.25, 0.3) is 10.2 Å². The predicted molar refractivity (Wildman–Crippen MR) is 97.8 cm³/mol. The van der Waals surface area contributed by atoms with Gasteiger partial charge in [-0.15, -0.1) is 11.3 Å². The zero-order valence-electron chi connectivity index (χ0n) is 13.7. The van der Waals surface area contributed by atoms with Crippen molar-refractivity contribution in [2.75, 3.05) is 31.1 Å². The topological polar surface area (TPSA) is 56.7 Å². The first-order valence-electron chi connectivity index (χ1n) is 8.91. The molecule has 7 heteroatoms. The molecule has 0 bridgehead atoms. The van der Waals surface area contributed by atoms with Crippen LogP contribution in [-0.4, -0.2) is 59.1 Å². The Morgan fingerprint density at radius 3 is 2.75 bits per heavy atom. The van der Waals surface area contributed by atoms with Gasteiger partial charge in [-0.1, -0.05) is 12.8 Å². The lowest BCUT2D eigenvalue weighted by molar-refractivity contribution is 0.362. The minimum atomic E-state index is 0.513. The van der Waals surface area contributed by atoms with Gasteiger partial charge in [0.15, 0.2) is 5.96 Å². The second-order valence-corrected chi connectivity index (χ2v) is 7.78. The van der Waals surface area contributed by atoms with Gasteiger partial charge in [0.2, 0.25) is 0 Å². The van der Waals surface area contributed by atoms with Crippen LogP contribution in [-0.2, 0) is 0 Å². The lowest BCUT2D eigenvalue weighted by atomic mass is 9.92. The van der Waals surface area contributed by atoms with E-state index >= 15 is 0 Å². The minimum absolute atomic E-state index is 0.513. The van der Waals surface area contributed by atoms with Gasteiger partial charge in [-0.25, -0.2) is 15.0 Å². The first-order chi connectivity index (χ1) is 11.9. The van der Waals surface area contributed by atoms with Gasteiger partial charge in [-0.05, 0) is 24.3 Å². The molecule has 5 rings (SSSR count). The second-order valence-electron chi connectivity index (χ2n) is 6.86. The number of guanidine groups is 1. The highest BCUT2D eigenvalue weighted by Gasteiger charge is 2.33. The summed E-state index contributed by atoms with van der Waals surface area (Å²) in [5, 5.41) is 5.77. The van der Waals surface area contributed by atoms with E-state index in [4.69, 9.17) is 4.99 Å². The molecule has 2 aliphatic heterocycles. The molecule has 2 aromatic rings. The summed E-state index contributed by atoms with van der Waals surface area (Å²) in [6.45, 7) is 3.98. The molecule has 1 saturated carbocycles. The Balaban J connectivity index is 1.29. The van der Waals surface area contributed by atoms with Gasteiger partial charge < -0.3 is 15.1 Å². The molecule has 3 aliphatic rings. The smallest absolute Gasteiger partial charge is 0.194 e. The fraction of sp³-hybridized carbons (Fsp3) is 0.588. The Hall–Kier alpha value is -1.89. The number of fused-ring (bicyclic) bond motifs is 2. The number of piperazine rings is 1. The summed E-state index contributed by atoms with van der Waals surface area (Å²) in [5.41, 5.74) is 1.05. The van der Waals surface area contributed by atoms with E-state index < -0.39 is 0 Å². The molecule has 1 aliphatic carbocycles. The highest BCUT2D eigenvalue weighted by molar-refractivity contribution is 7.17. The van der Waals surface area contributed by atoms with E-state index in [1.165, 1.54) is 30.4 Å². The molecule has 0 amide bonds. The van der Waals surface area contributed by atoms with E-state index in [-0.39, 0.29) is 0 Å². The normalized spacial score (nSPS) is 27.1. The highest BCUT2D eigenvalue weighted by atomic mass is 32.1. The third kappa shape index (κ3) is 2.42. The molecule has 0 spiro atoms. The van der Waals surface area contributed by atoms with Gasteiger partial charge in [-0.3, -0.25) is 0 Å². The Morgan fingerprint density at radius 1 is 1.04 bits per heavy atom. The Morgan fingerprint density at radius 2 is 1.88 bits per heavy atom. The van der Waals surface area contributed by atoms with Gasteiger partial charge in [0.25, 0.3) is 0 Å². The van der Waals surface area contributed by atoms with E-state index in [1.54, 1.807) is 17.7 Å². The van der Waals surface area contributed by atoms with E-state index in [2.05, 4.69) is 36.5 Å². The predicted octanol–water partition coefficient (Wildman–Crippen LogP) is 2.08. The molecule has 0 radical (unpaired) electrons. The van der Waals surface area contributed by atoms with Gasteiger partial charge in [-0.2, -0.15) is 0 Å². The van der Waals surface area contributed by atoms with Crippen LogP contribution in [0, 0.1) is 0 Å². The van der Waals surface area contributed by atoms with Gasteiger partial charge in [0, 0.05) is 26.2 Å². The molecule has 1 saturated heterocycles. The maximum absolute atomic E-state index is 4.96. The summed E-state index contributed by atoms with van der Waals surface area (Å²) in [5.74, 6) is 2.22. The molecule has 2 fully saturated rings. The summed E-state index contributed by atoms with van der Waals surface area (Å²) in [7, 11) is 0. The van der Waals surface area contributed by atoms with Crippen molar-refractivity contribution in [3.63, 3.8) is 0 Å². The molecular weight excluding hydrogens is 320 g/mol. The molecule has 126 valence electrons. The summed E-state index contributed by atoms with van der Waals surface area (Å²) >= 11 is 1.73. The van der Waals surface area contributed by atoms with Crippen molar-refractivity contribution in [1.82, 2.24) is 20.2 Å². The first kappa shape index (κ1) is 14.5. The first-order valence-corrected chi connectivity index (χ1v) is 9.79. The Bertz CT molecular complexity index is 763. The van der Waals surface area contributed by atoms with Crippen LogP contribution in [0.2, 0.25) is 0 Å². The molecule has 1 N–H and O–H groups in total. The van der Waals surface area contributed by atoms with Gasteiger partial charge >= 0.3 is 0 Å². The Kier molecular flexibility index (Phi) is 3.54. The second kappa shape index (κ2) is 5.88. The average molecular weight is 342 g/mol. The fourth-order valence-corrected chi connectivity index (χ4v) is 4.96. The zero-order chi connectivity index (χ0) is 15.9. The lowest BCUT2D eigenvalue weighted by Crippen LogP contribution is -2.53. The zero-order valence-corrected chi connectivity index (χ0v) is 14.5. The highest BCUT2D eigenvalue weighted by Crippen LogP contribution is 2.29. The number of rotatable bonds is 1. The van der Waals surface area contributed by atoms with Gasteiger partial charge in [0.1, 0.15) is 12.1 Å². The third-order valence-electron chi connectivity index (χ3n) is 5.44. The van der Waals surface area contributed by atoms with Crippen molar-refractivity contribution in [3.05, 3.63) is 17.8 Å². The standard InChI is InChI=1S/C17H22N6S/c1-2-4-13-12(3-1)20-17(21-13)23-8-6-22(7-9-23)16-15-14(5-10-24-15)18-11-19-16/h5,10-13H,1-4,6-9H2,(H,20,21)/t12-,13-/m1/s1. The largest absolute Gasteiger partial charge is 0.352 e. The SMILES string of the molecule is c1nc(N2CCN(C3=N[C@@H]4CCCC[C@H]4N3)CC2)c2sccc2n1. The van der Waals surface area contributed by atoms with E-state index in [9.17, 15) is 0 Å². The van der Waals surface area contributed by atoms with Crippen LogP contribution in [0.15, 0.2) is 22.8 Å². The number of nitrogens with zero attached hydrogens (tertiary/aromatic N) is 5. The van der Waals surface area contributed by atoms with Crippen LogP contribution in [0.4, 0.5) is 5.82 Å². The quantitative estimate of drug-likeness (QED) is 0.860. The average Bonchev–Trinajstić information content (AvgIpc) is 3.28. The Labute approximate surface area is 145 Å². The van der Waals surface area contributed by atoms with Crippen molar-refractivity contribution in [1.29, 1.82) is 0 Å². The van der Waals surface area contributed by atoms with Crippen molar-refractivity contribution in [2.45, 2.75) is 37.8 Å². The molecule has 0 aromatic carbocycles. The van der Waals surface area contributed by atoms with Crippen molar-refractivity contribution < 1.29 is 0 Å². The van der Waals surface area contributed by atoms with Crippen LogP contribution < -0.4 is 10.2 Å². The summed E-state index contributed by atoms with van der Waals surface area (Å²) in [4.78, 5) is 18.7. The number of aromatic nitrogens is 2. The van der Waals surface area contributed by atoms with Gasteiger partial charge in [0.05, 0.1) is 22.3 Å². The number of nitrogens with one attached hydrogen (secondary N) is 1. The molecular formula is C17H22N6S. The monoisotopic (exact) mass is 342 g/mol. The maximum Gasteiger partial charge on any atom is 0.194 e. The molecule has 24 heavy (non-hydrogen) atoms. The van der Waals surface area contributed by atoms with E-state index in [0.29, 0.717) is 12.1 Å². The number of thiophene rings is 1. The number of anilines is 1. The van der Waals surface area contributed by atoms with Crippen LogP contribution in [0.5, 0.6) is 0 Å². The molecule has 6 nitrogen and oxygen atoms in total.